The molecule has 0 spiro atoms. The Bertz CT molecular complexity index is 475. The number of halogens is 1. The van der Waals surface area contributed by atoms with E-state index in [1.54, 1.807) is 4.90 Å². The fourth-order valence-electron chi connectivity index (χ4n) is 1.55. The fourth-order valence-corrected chi connectivity index (χ4v) is 1.74. The molecular formula is C12H16ClN3O3. The van der Waals surface area contributed by atoms with E-state index in [-0.39, 0.29) is 23.0 Å². The predicted molar refractivity (Wildman–Crippen MR) is 72.6 cm³/mol. The highest BCUT2D eigenvalue weighted by molar-refractivity contribution is 6.33. The zero-order valence-electron chi connectivity index (χ0n) is 10.8. The molecule has 0 saturated carbocycles. The third kappa shape index (κ3) is 4.10. The topological polar surface area (TPSA) is 82.5 Å². The number of hydrogen-bond acceptors (Lipinski definition) is 4. The van der Waals surface area contributed by atoms with E-state index in [2.05, 4.69) is 10.3 Å². The second kappa shape index (κ2) is 6.94. The van der Waals surface area contributed by atoms with Crippen molar-refractivity contribution in [2.75, 3.05) is 25.0 Å². The Hall–Kier alpha value is -1.82. The Kier molecular flexibility index (Phi) is 5.57. The number of nitrogens with one attached hydrogen (secondary N) is 1. The van der Waals surface area contributed by atoms with E-state index in [4.69, 9.17) is 16.7 Å². The van der Waals surface area contributed by atoms with Crippen LogP contribution in [0, 0.1) is 0 Å². The number of nitrogens with zero attached hydrogens (tertiary/aromatic N) is 2. The molecule has 1 rings (SSSR count). The minimum absolute atomic E-state index is 0.0468. The Morgan fingerprint density at radius 3 is 2.58 bits per heavy atom. The summed E-state index contributed by atoms with van der Waals surface area (Å²) in [6, 6.07) is 1.31. The molecule has 7 heteroatoms. The molecule has 0 unspecified atom stereocenters. The molecule has 0 saturated heterocycles. The number of amides is 1. The lowest BCUT2D eigenvalue weighted by atomic mass is 10.2. The van der Waals surface area contributed by atoms with E-state index in [0.29, 0.717) is 18.9 Å². The summed E-state index contributed by atoms with van der Waals surface area (Å²) in [5, 5.41) is 11.8. The van der Waals surface area contributed by atoms with Crippen molar-refractivity contribution in [2.24, 2.45) is 0 Å². The Morgan fingerprint density at radius 2 is 2.05 bits per heavy atom. The maximum atomic E-state index is 11.8. The van der Waals surface area contributed by atoms with Gasteiger partial charge in [0.25, 0.3) is 0 Å². The highest BCUT2D eigenvalue weighted by Crippen LogP contribution is 2.17. The van der Waals surface area contributed by atoms with Crippen molar-refractivity contribution < 1.29 is 14.7 Å². The summed E-state index contributed by atoms with van der Waals surface area (Å²) >= 11 is 5.70. The molecule has 6 nitrogen and oxygen atoms in total. The highest BCUT2D eigenvalue weighted by atomic mass is 35.5. The summed E-state index contributed by atoms with van der Waals surface area (Å²) < 4.78 is 0. The van der Waals surface area contributed by atoms with Gasteiger partial charge in [0.1, 0.15) is 5.82 Å². The summed E-state index contributed by atoms with van der Waals surface area (Å²) in [7, 11) is 0. The van der Waals surface area contributed by atoms with Gasteiger partial charge in [0.05, 0.1) is 17.1 Å². The van der Waals surface area contributed by atoms with Gasteiger partial charge >= 0.3 is 5.97 Å². The van der Waals surface area contributed by atoms with Crippen molar-refractivity contribution in [3.63, 3.8) is 0 Å². The van der Waals surface area contributed by atoms with Crippen molar-refractivity contribution in [1.82, 2.24) is 9.88 Å². The minimum Gasteiger partial charge on any atom is -0.478 e. The van der Waals surface area contributed by atoms with Crippen LogP contribution in [0.5, 0.6) is 0 Å². The van der Waals surface area contributed by atoms with Gasteiger partial charge in [0.2, 0.25) is 5.91 Å². The number of aromatic carboxylic acids is 1. The Labute approximate surface area is 116 Å². The van der Waals surface area contributed by atoms with Crippen LogP contribution in [0.1, 0.15) is 24.2 Å². The van der Waals surface area contributed by atoms with E-state index < -0.39 is 5.97 Å². The molecule has 0 radical (unpaired) electrons. The quantitative estimate of drug-likeness (QED) is 0.831. The third-order valence-electron chi connectivity index (χ3n) is 2.62. The van der Waals surface area contributed by atoms with E-state index in [1.807, 2.05) is 13.8 Å². The van der Waals surface area contributed by atoms with Crippen molar-refractivity contribution >= 4 is 29.3 Å². The maximum absolute atomic E-state index is 11.8. The van der Waals surface area contributed by atoms with Gasteiger partial charge in [-0.15, -0.1) is 0 Å². The zero-order chi connectivity index (χ0) is 14.4. The number of carboxylic acids is 1. The molecule has 19 heavy (non-hydrogen) atoms. The number of pyridine rings is 1. The molecule has 0 fully saturated rings. The summed E-state index contributed by atoms with van der Waals surface area (Å²) in [6.07, 6.45) is 1.25. The summed E-state index contributed by atoms with van der Waals surface area (Å²) in [5.74, 6) is -0.897. The monoisotopic (exact) mass is 285 g/mol. The molecule has 1 amide bonds. The molecular weight excluding hydrogens is 270 g/mol. The number of rotatable bonds is 6. The number of carbonyl (C=O) groups is 2. The number of likely N-dealkylation sites (N-methyl/N-ethyl adjacent to an activating group) is 1. The first-order chi connectivity index (χ1) is 8.99. The molecule has 0 aliphatic rings. The first kappa shape index (κ1) is 15.2. The van der Waals surface area contributed by atoms with Crippen LogP contribution in [-0.2, 0) is 4.79 Å². The summed E-state index contributed by atoms with van der Waals surface area (Å²) in [6.45, 7) is 5.11. The van der Waals surface area contributed by atoms with Crippen LogP contribution < -0.4 is 5.32 Å². The normalized spacial score (nSPS) is 10.1. The van der Waals surface area contributed by atoms with Crippen molar-refractivity contribution in [3.8, 4) is 0 Å². The van der Waals surface area contributed by atoms with Gasteiger partial charge < -0.3 is 15.3 Å². The molecule has 0 atom stereocenters. The first-order valence-corrected chi connectivity index (χ1v) is 6.27. The number of aromatic nitrogens is 1. The molecule has 0 bridgehead atoms. The van der Waals surface area contributed by atoms with Gasteiger partial charge in [-0.2, -0.15) is 0 Å². The Balaban J connectivity index is 2.71. The molecule has 0 aliphatic carbocycles. The van der Waals surface area contributed by atoms with Gasteiger partial charge in [-0.1, -0.05) is 11.6 Å². The first-order valence-electron chi connectivity index (χ1n) is 5.90. The number of anilines is 1. The minimum atomic E-state index is -1.13. The van der Waals surface area contributed by atoms with Gasteiger partial charge in [0, 0.05) is 19.3 Å². The lowest BCUT2D eigenvalue weighted by Crippen LogP contribution is -2.35. The van der Waals surface area contributed by atoms with E-state index in [9.17, 15) is 9.59 Å². The van der Waals surface area contributed by atoms with Crippen LogP contribution in [0.15, 0.2) is 12.3 Å². The lowest BCUT2D eigenvalue weighted by molar-refractivity contribution is -0.128. The molecule has 1 aromatic heterocycles. The number of carboxylic acid groups (broad SMARTS) is 1. The van der Waals surface area contributed by atoms with E-state index in [0.717, 1.165) is 0 Å². The lowest BCUT2D eigenvalue weighted by Gasteiger charge is -2.18. The molecule has 2 N–H and O–H groups in total. The molecule has 0 aromatic carbocycles. The Morgan fingerprint density at radius 1 is 1.42 bits per heavy atom. The molecule has 1 heterocycles. The number of hydrogen-bond donors (Lipinski definition) is 2. The standard InChI is InChI=1S/C12H16ClN3O3/c1-3-16(4-2)11(17)7-15-10-5-8(12(18)19)9(13)6-14-10/h5-6H,3-4,7H2,1-2H3,(H,14,15)(H,18,19). The van der Waals surface area contributed by atoms with Crippen molar-refractivity contribution in [2.45, 2.75) is 13.8 Å². The summed E-state index contributed by atoms with van der Waals surface area (Å²) in [4.78, 5) is 28.3. The van der Waals surface area contributed by atoms with Gasteiger partial charge in [0.15, 0.2) is 0 Å². The van der Waals surface area contributed by atoms with Crippen molar-refractivity contribution in [3.05, 3.63) is 22.8 Å². The molecule has 0 aliphatic heterocycles. The summed E-state index contributed by atoms with van der Waals surface area (Å²) in [5.41, 5.74) is -0.0468. The van der Waals surface area contributed by atoms with Crippen LogP contribution in [0.4, 0.5) is 5.82 Å². The van der Waals surface area contributed by atoms with E-state index in [1.165, 1.54) is 12.3 Å². The number of carbonyl (C=O) groups excluding carboxylic acids is 1. The maximum Gasteiger partial charge on any atom is 0.337 e. The molecule has 1 aromatic rings. The van der Waals surface area contributed by atoms with Crippen molar-refractivity contribution in [1.29, 1.82) is 0 Å². The van der Waals surface area contributed by atoms with Gasteiger partial charge in [-0.25, -0.2) is 9.78 Å². The van der Waals surface area contributed by atoms with E-state index >= 15 is 0 Å². The third-order valence-corrected chi connectivity index (χ3v) is 2.92. The smallest absolute Gasteiger partial charge is 0.337 e. The van der Waals surface area contributed by atoms with Crippen LogP contribution in [0.25, 0.3) is 0 Å². The average molecular weight is 286 g/mol. The van der Waals surface area contributed by atoms with Crippen LogP contribution >= 0.6 is 11.6 Å². The second-order valence-electron chi connectivity index (χ2n) is 3.77. The molecule has 104 valence electrons. The van der Waals surface area contributed by atoms with Crippen LogP contribution in [0.2, 0.25) is 5.02 Å². The SMILES string of the molecule is CCN(CC)C(=O)CNc1cc(C(=O)O)c(Cl)cn1. The predicted octanol–water partition coefficient (Wildman–Crippen LogP) is 1.71. The zero-order valence-corrected chi connectivity index (χ0v) is 11.6. The highest BCUT2D eigenvalue weighted by Gasteiger charge is 2.12. The van der Waals surface area contributed by atoms with Gasteiger partial charge in [-0.05, 0) is 19.9 Å². The van der Waals surface area contributed by atoms with Gasteiger partial charge in [-0.3, -0.25) is 4.79 Å². The van der Waals surface area contributed by atoms with Crippen LogP contribution in [-0.4, -0.2) is 46.5 Å². The van der Waals surface area contributed by atoms with Crippen LogP contribution in [0.3, 0.4) is 0 Å². The fraction of sp³-hybridized carbons (Fsp3) is 0.417. The average Bonchev–Trinajstić information content (AvgIpc) is 2.38. The second-order valence-corrected chi connectivity index (χ2v) is 4.18. The largest absolute Gasteiger partial charge is 0.478 e.